The average molecular weight is 1170 g/mol. The molecular weight excluding hydrogens is 1090 g/mol. The van der Waals surface area contributed by atoms with Gasteiger partial charge in [0.1, 0.15) is 60.1 Å². The van der Waals surface area contributed by atoms with Crippen LogP contribution in [0.4, 0.5) is 0 Å². The van der Waals surface area contributed by atoms with Crippen LogP contribution in [-0.4, -0.2) is 188 Å². The summed E-state index contributed by atoms with van der Waals surface area (Å²) >= 11 is 8.00. The van der Waals surface area contributed by atoms with Gasteiger partial charge in [-0.1, -0.05) is 26.0 Å². The molecule has 11 atom stereocenters. The van der Waals surface area contributed by atoms with Crippen molar-refractivity contribution < 1.29 is 82.8 Å². The van der Waals surface area contributed by atoms with Crippen LogP contribution < -0.4 is 70.4 Å². The van der Waals surface area contributed by atoms with Crippen molar-refractivity contribution in [2.24, 2.45) is 23.1 Å². The number of nitrogens with one attached hydrogen (secondary N) is 10. The number of rotatable bonds is 37. The summed E-state index contributed by atoms with van der Waals surface area (Å²) in [5.74, 6) is -14.4. The molecule has 0 saturated heterocycles. The maximum absolute atomic E-state index is 14.0. The van der Waals surface area contributed by atoms with Crippen LogP contribution in [0.2, 0.25) is 0 Å². The Morgan fingerprint density at radius 1 is 0.550 bits per heavy atom. The molecule has 0 aliphatic rings. The summed E-state index contributed by atoms with van der Waals surface area (Å²) in [4.78, 5) is 169. The number of aromatic hydroxyl groups is 1. The molecule has 0 fully saturated rings. The predicted molar refractivity (Wildman–Crippen MR) is 291 cm³/mol. The van der Waals surface area contributed by atoms with Gasteiger partial charge in [-0.2, -0.15) is 25.3 Å². The highest BCUT2D eigenvalue weighted by Gasteiger charge is 2.36. The Morgan fingerprint density at radius 2 is 1.01 bits per heavy atom. The number of primary amides is 2. The third kappa shape index (κ3) is 26.6. The van der Waals surface area contributed by atoms with Crippen molar-refractivity contribution in [3.63, 3.8) is 0 Å². The van der Waals surface area contributed by atoms with Crippen LogP contribution in [0.25, 0.3) is 0 Å². The Balaban J connectivity index is 3.43. The topological polar surface area (TPSA) is 501 Å². The van der Waals surface area contributed by atoms with Crippen molar-refractivity contribution >= 4 is 102 Å². The van der Waals surface area contributed by atoms with Crippen LogP contribution in [0.1, 0.15) is 85.1 Å². The molecule has 12 amide bonds. The van der Waals surface area contributed by atoms with Crippen molar-refractivity contribution in [2.75, 3.05) is 24.6 Å². The third-order valence-corrected chi connectivity index (χ3v) is 12.3. The number of phenolic OH excluding ortho intramolecular Hbond substituents is 1. The molecule has 1 aromatic carbocycles. The number of amides is 12. The van der Waals surface area contributed by atoms with Gasteiger partial charge in [0.15, 0.2) is 0 Å². The molecule has 0 aromatic heterocycles. The van der Waals surface area contributed by atoms with Crippen molar-refractivity contribution in [3.8, 4) is 5.75 Å². The van der Waals surface area contributed by atoms with E-state index < -0.39 is 169 Å². The van der Waals surface area contributed by atoms with E-state index in [0.29, 0.717) is 12.0 Å². The zero-order valence-electron chi connectivity index (χ0n) is 44.9. The molecule has 0 radical (unpaired) electrons. The number of carbonyl (C=O) groups excluding carboxylic acids is 12. The second-order valence-corrected chi connectivity index (χ2v) is 19.7. The second kappa shape index (κ2) is 36.1. The van der Waals surface area contributed by atoms with E-state index in [2.05, 4.69) is 78.4 Å². The molecule has 0 spiro atoms. The van der Waals surface area contributed by atoms with Gasteiger partial charge in [0.25, 0.3) is 0 Å². The van der Waals surface area contributed by atoms with Crippen LogP contribution >= 0.6 is 25.3 Å². The Bertz CT molecular complexity index is 2330. The van der Waals surface area contributed by atoms with Gasteiger partial charge in [-0.15, -0.1) is 0 Å². The van der Waals surface area contributed by atoms with Gasteiger partial charge in [0.05, 0.1) is 25.2 Å². The van der Waals surface area contributed by atoms with Crippen molar-refractivity contribution in [1.29, 1.82) is 0 Å². The normalized spacial score (nSPS) is 15.1. The Kier molecular flexibility index (Phi) is 31.9. The zero-order valence-corrected chi connectivity index (χ0v) is 46.7. The molecule has 0 aliphatic carbocycles. The maximum atomic E-state index is 14.0. The number of hydrogen-bond acceptors (Lipinski definition) is 19. The van der Waals surface area contributed by atoms with E-state index in [-0.39, 0.29) is 55.4 Å². The molecule has 1 aromatic rings. The lowest BCUT2D eigenvalue weighted by Crippen LogP contribution is -2.61. The van der Waals surface area contributed by atoms with Gasteiger partial charge < -0.3 is 90.8 Å². The van der Waals surface area contributed by atoms with Gasteiger partial charge in [-0.3, -0.25) is 62.3 Å². The highest BCUT2D eigenvalue weighted by molar-refractivity contribution is 7.80. The van der Waals surface area contributed by atoms with Gasteiger partial charge >= 0.3 is 5.97 Å². The van der Waals surface area contributed by atoms with Gasteiger partial charge in [-0.25, -0.2) is 0 Å². The van der Waals surface area contributed by atoms with E-state index in [1.807, 2.05) is 0 Å². The molecule has 0 heterocycles. The molecule has 0 saturated carbocycles. The van der Waals surface area contributed by atoms with E-state index in [1.54, 1.807) is 13.8 Å². The summed E-state index contributed by atoms with van der Waals surface area (Å²) in [6, 6.07) is -8.62. The summed E-state index contributed by atoms with van der Waals surface area (Å²) in [6.07, 6.45) is -5.21. The standard InChI is InChI=1S/C48H77N13O17S2/c1-22(2)16-30(45(75)60-39(24(4)63)48(78)59-33(20-79)40(51)70)57-42(72)28(8-6-7-15-49)55-44(74)32(18-35(50)66)54-36(67)19-52-41(71)29(13-14-37(68)69)56-43(73)31(17-26-9-11-27(65)12-10-26)58-47(77)38(23(3)62)61-46(76)34(21-80)53-25(5)64/h9-12,22-24,28-34,38-39,62-63,65,79-80H,6-8,13-21,49H2,1-5H3,(H2,50,66)(H2,51,70)(H,52,71)(H,53,64)(H,54,67)(H,55,74)(H,56,73)(H,57,72)(H,58,77)(H,59,78)(H,60,75)(H,61,76)(H,68,69)/t23-,24-,28+,29+,30+,31+,32+,33+,34+,38+,39+/m1/s1. The number of thiol groups is 2. The number of benzene rings is 1. The summed E-state index contributed by atoms with van der Waals surface area (Å²) in [5.41, 5.74) is 16.7. The van der Waals surface area contributed by atoms with Crippen LogP contribution in [-0.2, 0) is 68.7 Å². The summed E-state index contributed by atoms with van der Waals surface area (Å²) < 4.78 is 0. The fourth-order valence-electron chi connectivity index (χ4n) is 7.33. The number of hydrogen-bond donors (Lipinski definition) is 19. The highest BCUT2D eigenvalue weighted by Crippen LogP contribution is 2.14. The molecular formula is C48H77N13O17S2. The molecule has 20 N–H and O–H groups in total. The zero-order chi connectivity index (χ0) is 61.0. The van der Waals surface area contributed by atoms with E-state index >= 15 is 0 Å². The number of carboxylic acids is 1. The van der Waals surface area contributed by atoms with Gasteiger partial charge in [0, 0.05) is 31.3 Å². The lowest BCUT2D eigenvalue weighted by Gasteiger charge is -2.28. The third-order valence-electron chi connectivity index (χ3n) is 11.5. The van der Waals surface area contributed by atoms with E-state index in [9.17, 15) is 82.8 Å². The van der Waals surface area contributed by atoms with Crippen LogP contribution in [0.15, 0.2) is 24.3 Å². The summed E-state index contributed by atoms with van der Waals surface area (Å²) in [6.45, 7) is 6.07. The maximum Gasteiger partial charge on any atom is 0.303 e. The largest absolute Gasteiger partial charge is 0.508 e. The highest BCUT2D eigenvalue weighted by atomic mass is 32.1. The number of phenols is 1. The average Bonchev–Trinajstić information content (AvgIpc) is 3.37. The Morgan fingerprint density at radius 3 is 1.48 bits per heavy atom. The number of unbranched alkanes of at least 4 members (excludes halogenated alkanes) is 1. The Labute approximate surface area is 472 Å². The van der Waals surface area contributed by atoms with Crippen molar-refractivity contribution in [2.45, 2.75) is 153 Å². The lowest BCUT2D eigenvalue weighted by molar-refractivity contribution is -0.138. The first kappa shape index (κ1) is 70.7. The Hall–Kier alpha value is -7.29. The number of nitrogens with two attached hydrogens (primary N) is 3. The molecule has 0 bridgehead atoms. The second-order valence-electron chi connectivity index (χ2n) is 19.0. The first-order chi connectivity index (χ1) is 37.4. The molecule has 1 rings (SSSR count). The number of aliphatic hydroxyl groups is 2. The molecule has 32 heteroatoms. The van der Waals surface area contributed by atoms with E-state index in [0.717, 1.165) is 13.8 Å². The number of aliphatic hydroxyl groups excluding tert-OH is 2. The van der Waals surface area contributed by atoms with Gasteiger partial charge in [-0.05, 0) is 76.1 Å². The lowest BCUT2D eigenvalue weighted by atomic mass is 10.0. The van der Waals surface area contributed by atoms with Crippen LogP contribution in [0.3, 0.4) is 0 Å². The minimum Gasteiger partial charge on any atom is -0.508 e. The van der Waals surface area contributed by atoms with Crippen molar-refractivity contribution in [1.82, 2.24) is 53.2 Å². The van der Waals surface area contributed by atoms with E-state index in [1.165, 1.54) is 31.2 Å². The monoisotopic (exact) mass is 1170 g/mol. The smallest absolute Gasteiger partial charge is 0.303 e. The number of carbonyl (C=O) groups is 13. The number of aliphatic carboxylic acids is 1. The fraction of sp³-hybridized carbons (Fsp3) is 0.604. The molecule has 448 valence electrons. The minimum absolute atomic E-state index is 0.0362. The fourth-order valence-corrected chi connectivity index (χ4v) is 7.86. The van der Waals surface area contributed by atoms with Crippen molar-refractivity contribution in [3.05, 3.63) is 29.8 Å². The van der Waals surface area contributed by atoms with Crippen LogP contribution in [0.5, 0.6) is 5.75 Å². The first-order valence-corrected chi connectivity index (χ1v) is 26.5. The summed E-state index contributed by atoms with van der Waals surface area (Å²) in [7, 11) is 0. The molecule has 0 aliphatic heterocycles. The number of carboxylic acid groups (broad SMARTS) is 1. The SMILES string of the molecule is CC(=O)N[C@@H](CS)C(=O)N[C@H](C(=O)N[C@@H](Cc1ccc(O)cc1)C(=O)N[C@@H](CCC(=O)O)C(=O)NCC(=O)N[C@@H](CC(N)=O)C(=O)N[C@@H](CCCCN)C(=O)N[C@@H](CC(C)C)C(=O)N[C@H](C(=O)N[C@@H](CS)C(N)=O)[C@@H](C)O)[C@@H](C)O. The quantitative estimate of drug-likeness (QED) is 0.0218. The first-order valence-electron chi connectivity index (χ1n) is 25.3. The molecule has 30 nitrogen and oxygen atoms in total. The van der Waals surface area contributed by atoms with E-state index in [4.69, 9.17) is 17.2 Å². The summed E-state index contributed by atoms with van der Waals surface area (Å²) in [5, 5.41) is 63.6. The minimum atomic E-state index is -1.81. The predicted octanol–water partition coefficient (Wildman–Crippen LogP) is -6.54. The van der Waals surface area contributed by atoms with Crippen LogP contribution in [0, 0.1) is 5.92 Å². The molecule has 0 unspecified atom stereocenters. The van der Waals surface area contributed by atoms with Gasteiger partial charge in [0.2, 0.25) is 70.9 Å². The molecule has 80 heavy (non-hydrogen) atoms.